The predicted molar refractivity (Wildman–Crippen MR) is 112 cm³/mol. The molecule has 5 heteroatoms. The number of aryl methyl sites for hydroxylation is 1. The Kier molecular flexibility index (Phi) is 5.33. The van der Waals surface area contributed by atoms with E-state index in [4.69, 9.17) is 9.47 Å². The van der Waals surface area contributed by atoms with Crippen LogP contribution in [0.4, 0.5) is 0 Å². The molecule has 4 rings (SSSR count). The second-order valence-electron chi connectivity index (χ2n) is 8.07. The van der Waals surface area contributed by atoms with Crippen LogP contribution in [0.1, 0.15) is 46.8 Å². The Morgan fingerprint density at radius 3 is 2.59 bits per heavy atom. The third-order valence-corrected chi connectivity index (χ3v) is 5.89. The van der Waals surface area contributed by atoms with Crippen LogP contribution in [0.15, 0.2) is 36.1 Å². The molecule has 1 saturated heterocycles. The number of likely N-dealkylation sites (tertiary alicyclic amines) is 1. The van der Waals surface area contributed by atoms with Gasteiger partial charge in [-0.25, -0.2) is 0 Å². The summed E-state index contributed by atoms with van der Waals surface area (Å²) < 4.78 is 11.2. The molecule has 1 fully saturated rings. The maximum absolute atomic E-state index is 13.0. The number of rotatable bonds is 4. The van der Waals surface area contributed by atoms with Gasteiger partial charge >= 0.3 is 0 Å². The molecule has 2 aromatic carbocycles. The topological polar surface area (TPSA) is 59.0 Å². The number of Topliss-reactive ketones (excluding diaryl/α,β-unsaturated/α-hetero) is 1. The fraction of sp³-hybridized carbons (Fsp3) is 0.375. The van der Waals surface area contributed by atoms with E-state index in [0.717, 1.165) is 48.7 Å². The van der Waals surface area contributed by atoms with Gasteiger partial charge in [0.15, 0.2) is 5.76 Å². The van der Waals surface area contributed by atoms with Gasteiger partial charge in [0, 0.05) is 6.54 Å². The van der Waals surface area contributed by atoms with Crippen molar-refractivity contribution < 1.29 is 19.4 Å². The van der Waals surface area contributed by atoms with Crippen molar-refractivity contribution in [2.75, 3.05) is 20.2 Å². The van der Waals surface area contributed by atoms with Crippen molar-refractivity contribution in [2.45, 2.75) is 33.2 Å². The second kappa shape index (κ2) is 7.91. The molecule has 29 heavy (non-hydrogen) atoms. The molecule has 2 aliphatic heterocycles. The molecule has 2 aromatic rings. The smallest absolute Gasteiger partial charge is 0.232 e. The molecule has 0 amide bonds. The summed E-state index contributed by atoms with van der Waals surface area (Å²) in [5.41, 5.74) is 2.85. The molecular weight excluding hydrogens is 366 g/mol. The summed E-state index contributed by atoms with van der Waals surface area (Å²) in [6.45, 7) is 6.68. The molecule has 0 radical (unpaired) electrons. The van der Waals surface area contributed by atoms with Crippen LogP contribution in [0, 0.1) is 12.8 Å². The van der Waals surface area contributed by atoms with Crippen LogP contribution < -0.4 is 9.47 Å². The molecule has 0 aliphatic carbocycles. The number of hydrogen-bond donors (Lipinski definition) is 1. The summed E-state index contributed by atoms with van der Waals surface area (Å²) >= 11 is 0. The Balaban J connectivity index is 1.64. The van der Waals surface area contributed by atoms with Crippen LogP contribution in [0.3, 0.4) is 0 Å². The van der Waals surface area contributed by atoms with Gasteiger partial charge in [0.05, 0.1) is 18.2 Å². The second-order valence-corrected chi connectivity index (χ2v) is 8.07. The highest BCUT2D eigenvalue weighted by atomic mass is 16.5. The Morgan fingerprint density at radius 2 is 1.93 bits per heavy atom. The molecule has 0 spiro atoms. The summed E-state index contributed by atoms with van der Waals surface area (Å²) in [6, 6.07) is 9.13. The minimum atomic E-state index is -0.137. The Labute approximate surface area is 171 Å². The molecule has 0 aromatic heterocycles. The summed E-state index contributed by atoms with van der Waals surface area (Å²) in [5, 5.41) is 10.6. The van der Waals surface area contributed by atoms with Gasteiger partial charge in [-0.3, -0.25) is 9.69 Å². The molecule has 2 heterocycles. The molecule has 1 N–H and O–H groups in total. The van der Waals surface area contributed by atoms with E-state index in [1.165, 1.54) is 0 Å². The van der Waals surface area contributed by atoms with Crippen molar-refractivity contribution in [1.82, 2.24) is 4.90 Å². The summed E-state index contributed by atoms with van der Waals surface area (Å²) in [7, 11) is 1.62. The van der Waals surface area contributed by atoms with Crippen LogP contribution >= 0.6 is 0 Å². The van der Waals surface area contributed by atoms with Gasteiger partial charge in [0.25, 0.3) is 0 Å². The first kappa shape index (κ1) is 19.5. The van der Waals surface area contributed by atoms with Crippen LogP contribution in [-0.4, -0.2) is 36.0 Å². The van der Waals surface area contributed by atoms with E-state index in [2.05, 4.69) is 11.8 Å². The number of methoxy groups -OCH3 is 1. The van der Waals surface area contributed by atoms with Crippen molar-refractivity contribution in [3.05, 3.63) is 58.3 Å². The molecule has 152 valence electrons. The van der Waals surface area contributed by atoms with Crippen molar-refractivity contribution >= 4 is 11.9 Å². The number of phenolic OH excluding ortho intramolecular Hbond substituents is 1. The highest BCUT2D eigenvalue weighted by Crippen LogP contribution is 2.42. The first-order valence-electron chi connectivity index (χ1n) is 10.1. The molecule has 5 nitrogen and oxygen atoms in total. The first-order valence-corrected chi connectivity index (χ1v) is 10.1. The quantitative estimate of drug-likeness (QED) is 0.772. The fourth-order valence-corrected chi connectivity index (χ4v) is 4.03. The number of hydrogen-bond acceptors (Lipinski definition) is 5. The lowest BCUT2D eigenvalue weighted by Crippen LogP contribution is -2.32. The van der Waals surface area contributed by atoms with Crippen molar-refractivity contribution in [3.63, 3.8) is 0 Å². The molecule has 0 bridgehead atoms. The average molecular weight is 393 g/mol. The lowest BCUT2D eigenvalue weighted by Gasteiger charge is -2.30. The molecule has 2 aliphatic rings. The van der Waals surface area contributed by atoms with E-state index < -0.39 is 0 Å². The van der Waals surface area contributed by atoms with Gasteiger partial charge in [0.1, 0.15) is 17.2 Å². The van der Waals surface area contributed by atoms with E-state index in [1.54, 1.807) is 19.3 Å². The maximum Gasteiger partial charge on any atom is 0.232 e. The lowest BCUT2D eigenvalue weighted by atomic mass is 9.96. The molecule has 0 saturated carbocycles. The summed E-state index contributed by atoms with van der Waals surface area (Å²) in [6.07, 6.45) is 4.04. The number of carbonyl (C=O) groups is 1. The van der Waals surface area contributed by atoms with E-state index in [1.807, 2.05) is 31.2 Å². The highest BCUT2D eigenvalue weighted by molar-refractivity contribution is 6.15. The van der Waals surface area contributed by atoms with E-state index in [9.17, 15) is 9.90 Å². The minimum Gasteiger partial charge on any atom is -0.507 e. The van der Waals surface area contributed by atoms with Gasteiger partial charge in [-0.2, -0.15) is 0 Å². The van der Waals surface area contributed by atoms with E-state index >= 15 is 0 Å². The lowest BCUT2D eigenvalue weighted by molar-refractivity contribution is 0.101. The number of fused-ring (bicyclic) bond motifs is 1. The minimum absolute atomic E-state index is 0.137. The van der Waals surface area contributed by atoms with Crippen LogP contribution in [0.5, 0.6) is 17.2 Å². The van der Waals surface area contributed by atoms with Crippen LogP contribution in [-0.2, 0) is 6.54 Å². The Hall–Kier alpha value is -2.79. The molecule has 0 unspecified atom stereocenters. The number of piperidine rings is 1. The zero-order valence-corrected chi connectivity index (χ0v) is 17.2. The van der Waals surface area contributed by atoms with Crippen LogP contribution in [0.25, 0.3) is 6.08 Å². The summed E-state index contributed by atoms with van der Waals surface area (Å²) in [4.78, 5) is 15.4. The predicted octanol–water partition coefficient (Wildman–Crippen LogP) is 4.56. The largest absolute Gasteiger partial charge is 0.507 e. The molecular formula is C24H27NO4. The number of benzene rings is 2. The molecule has 0 atom stereocenters. The number of aromatic hydroxyl groups is 1. The fourth-order valence-electron chi connectivity index (χ4n) is 4.03. The van der Waals surface area contributed by atoms with Crippen molar-refractivity contribution in [3.8, 4) is 17.2 Å². The third-order valence-electron chi connectivity index (χ3n) is 5.89. The van der Waals surface area contributed by atoms with Gasteiger partial charge in [-0.1, -0.05) is 19.1 Å². The number of ether oxygens (including phenoxy) is 2. The van der Waals surface area contributed by atoms with Gasteiger partial charge in [-0.05, 0) is 74.2 Å². The number of nitrogens with zero attached hydrogens (tertiary/aromatic N) is 1. The Morgan fingerprint density at radius 1 is 1.24 bits per heavy atom. The van der Waals surface area contributed by atoms with Crippen molar-refractivity contribution in [1.29, 1.82) is 0 Å². The summed E-state index contributed by atoms with van der Waals surface area (Å²) in [5.74, 6) is 2.34. The average Bonchev–Trinajstić information content (AvgIpc) is 3.03. The number of allylic oxidation sites excluding steroid dienone is 1. The standard InChI is InChI=1S/C24H27NO4/c1-15-8-10-25(11-9-15)14-19-20(26)12-16(2)22-23(27)21(29-24(19)22)13-17-4-6-18(28-3)7-5-17/h4-7,12-13,15,26H,8-11,14H2,1-3H3/b21-13-. The van der Waals surface area contributed by atoms with Crippen LogP contribution in [0.2, 0.25) is 0 Å². The zero-order chi connectivity index (χ0) is 20.5. The highest BCUT2D eigenvalue weighted by Gasteiger charge is 2.34. The number of phenols is 1. The monoisotopic (exact) mass is 393 g/mol. The first-order chi connectivity index (χ1) is 14.0. The number of carbonyl (C=O) groups excluding carboxylic acids is 1. The zero-order valence-electron chi connectivity index (χ0n) is 17.2. The van der Waals surface area contributed by atoms with E-state index in [-0.39, 0.29) is 17.3 Å². The van der Waals surface area contributed by atoms with Gasteiger partial charge in [-0.15, -0.1) is 0 Å². The van der Waals surface area contributed by atoms with Gasteiger partial charge < -0.3 is 14.6 Å². The maximum atomic E-state index is 13.0. The third kappa shape index (κ3) is 3.87. The van der Waals surface area contributed by atoms with E-state index in [0.29, 0.717) is 23.4 Å². The SMILES string of the molecule is COc1ccc(/C=C2\Oc3c(CN4CCC(C)CC4)c(O)cc(C)c3C2=O)cc1. The number of ketones is 1. The normalized spacial score (nSPS) is 18.7. The van der Waals surface area contributed by atoms with Crippen molar-refractivity contribution in [2.24, 2.45) is 5.92 Å². The Bertz CT molecular complexity index is 954. The van der Waals surface area contributed by atoms with Gasteiger partial charge in [0.2, 0.25) is 5.78 Å².